The number of likely N-dealkylation sites (N-methyl/N-ethyl adjacent to an activating group) is 1. The van der Waals surface area contributed by atoms with Gasteiger partial charge in [0, 0.05) is 41.6 Å². The highest BCUT2D eigenvalue weighted by molar-refractivity contribution is 6.36. The van der Waals surface area contributed by atoms with Crippen LogP contribution in [0.3, 0.4) is 0 Å². The number of ether oxygens (including phenoxy) is 1. The molecule has 4 heterocycles. The molecule has 2 aromatic heterocycles. The molecule has 0 spiro atoms. The van der Waals surface area contributed by atoms with Gasteiger partial charge in [-0.15, -0.1) is 0 Å². The number of halogens is 1. The summed E-state index contributed by atoms with van der Waals surface area (Å²) in [5.74, 6) is 0.505. The first kappa shape index (κ1) is 27.9. The molecule has 0 bridgehead atoms. The highest BCUT2D eigenvalue weighted by atomic mass is 35.5. The van der Waals surface area contributed by atoms with Gasteiger partial charge in [-0.2, -0.15) is 15.2 Å². The lowest BCUT2D eigenvalue weighted by molar-refractivity contribution is -0.128. The number of benzene rings is 2. The van der Waals surface area contributed by atoms with Crippen molar-refractivity contribution in [1.82, 2.24) is 24.8 Å². The van der Waals surface area contributed by atoms with Crippen LogP contribution in [0.15, 0.2) is 61.2 Å². The van der Waals surface area contributed by atoms with Crippen LogP contribution in [-0.4, -0.2) is 82.6 Å². The number of hydrogen-bond donors (Lipinski definition) is 0. The van der Waals surface area contributed by atoms with E-state index in [2.05, 4.69) is 29.5 Å². The van der Waals surface area contributed by atoms with Gasteiger partial charge in [0.2, 0.25) is 5.91 Å². The lowest BCUT2D eigenvalue weighted by Crippen LogP contribution is -2.55. The molecule has 2 atom stereocenters. The monoisotopic (exact) mass is 581 g/mol. The zero-order valence-corrected chi connectivity index (χ0v) is 24.3. The van der Waals surface area contributed by atoms with Gasteiger partial charge >= 0.3 is 6.01 Å². The first-order valence-electron chi connectivity index (χ1n) is 14.2. The highest BCUT2D eigenvalue weighted by Gasteiger charge is 2.31. The molecule has 214 valence electrons. The minimum absolute atomic E-state index is 0.174. The average molecular weight is 582 g/mol. The van der Waals surface area contributed by atoms with Gasteiger partial charge in [0.1, 0.15) is 12.4 Å². The first-order chi connectivity index (χ1) is 20.5. The van der Waals surface area contributed by atoms with Crippen molar-refractivity contribution >= 4 is 45.1 Å². The summed E-state index contributed by atoms with van der Waals surface area (Å²) in [4.78, 5) is 33.2. The Morgan fingerprint density at radius 3 is 2.71 bits per heavy atom. The second-order valence-corrected chi connectivity index (χ2v) is 11.2. The van der Waals surface area contributed by atoms with E-state index in [1.54, 1.807) is 4.90 Å². The fourth-order valence-electron chi connectivity index (χ4n) is 6.03. The largest absolute Gasteiger partial charge is 0.462 e. The molecule has 9 nitrogen and oxygen atoms in total. The maximum absolute atomic E-state index is 12.5. The maximum Gasteiger partial charge on any atom is 0.320 e. The fourth-order valence-corrected chi connectivity index (χ4v) is 6.32. The van der Waals surface area contributed by atoms with Crippen LogP contribution in [0.1, 0.15) is 19.3 Å². The summed E-state index contributed by atoms with van der Waals surface area (Å²) in [6, 6.07) is 18.4. The molecule has 4 aromatic rings. The number of amides is 1. The number of piperazine rings is 1. The molecule has 10 heteroatoms. The molecule has 2 aromatic carbocycles. The molecule has 2 saturated heterocycles. The van der Waals surface area contributed by atoms with Crippen molar-refractivity contribution in [2.75, 3.05) is 44.7 Å². The Labute approximate surface area is 250 Å². The molecule has 2 fully saturated rings. The number of hydrogen-bond acceptors (Lipinski definition) is 8. The Kier molecular flexibility index (Phi) is 7.92. The van der Waals surface area contributed by atoms with Crippen molar-refractivity contribution in [2.45, 2.75) is 31.3 Å². The first-order valence-corrected chi connectivity index (χ1v) is 14.6. The Hall–Kier alpha value is -4.26. The van der Waals surface area contributed by atoms with Crippen molar-refractivity contribution in [2.24, 2.45) is 0 Å². The van der Waals surface area contributed by atoms with E-state index in [9.17, 15) is 10.1 Å². The van der Waals surface area contributed by atoms with Crippen LogP contribution in [0, 0.1) is 11.3 Å². The van der Waals surface area contributed by atoms with Crippen LogP contribution in [0.2, 0.25) is 5.02 Å². The number of carbonyl (C=O) groups excluding carboxylic acids is 1. The van der Waals surface area contributed by atoms with Crippen molar-refractivity contribution in [3.05, 3.63) is 66.2 Å². The maximum atomic E-state index is 12.5. The van der Waals surface area contributed by atoms with Gasteiger partial charge in [0.15, 0.2) is 5.65 Å². The van der Waals surface area contributed by atoms with Gasteiger partial charge in [-0.1, -0.05) is 48.5 Å². The molecule has 2 aliphatic heterocycles. The van der Waals surface area contributed by atoms with Crippen LogP contribution in [0.25, 0.3) is 33.1 Å². The number of likely N-dealkylation sites (tertiary alicyclic amines) is 1. The molecule has 0 N–H and O–H groups in total. The third kappa shape index (κ3) is 5.36. The minimum Gasteiger partial charge on any atom is -0.462 e. The number of pyridine rings is 1. The van der Waals surface area contributed by atoms with E-state index in [4.69, 9.17) is 31.3 Å². The van der Waals surface area contributed by atoms with Crippen LogP contribution in [-0.2, 0) is 4.79 Å². The Morgan fingerprint density at radius 2 is 1.95 bits per heavy atom. The molecule has 1 amide bonds. The fraction of sp³-hybridized carbons (Fsp3) is 0.344. The molecular weight excluding hydrogens is 550 g/mol. The summed E-state index contributed by atoms with van der Waals surface area (Å²) in [7, 11) is 2.11. The second kappa shape index (κ2) is 11.9. The Morgan fingerprint density at radius 1 is 1.12 bits per heavy atom. The van der Waals surface area contributed by atoms with E-state index in [0.29, 0.717) is 48.8 Å². The number of anilines is 1. The average Bonchev–Trinajstić information content (AvgIpc) is 3.43. The summed E-state index contributed by atoms with van der Waals surface area (Å²) in [6.45, 7) is 6.60. The third-order valence-electron chi connectivity index (χ3n) is 8.29. The Balaban J connectivity index is 1.42. The van der Waals surface area contributed by atoms with Crippen LogP contribution >= 0.6 is 11.6 Å². The third-order valence-corrected chi connectivity index (χ3v) is 8.61. The van der Waals surface area contributed by atoms with Gasteiger partial charge in [0.25, 0.3) is 0 Å². The van der Waals surface area contributed by atoms with Crippen molar-refractivity contribution in [3.63, 3.8) is 0 Å². The summed E-state index contributed by atoms with van der Waals surface area (Å²) >= 11 is 6.64. The Bertz CT molecular complexity index is 1700. The SMILES string of the molecule is C=CC(=O)N1CCN(c2nc(OC[C@@H]3CCCN3C)nc3nc(-c4cccc5cccc(Cl)c45)ccc23)CC1CC#N. The molecule has 2 aliphatic rings. The zero-order valence-electron chi connectivity index (χ0n) is 23.5. The molecule has 0 radical (unpaired) electrons. The predicted octanol–water partition coefficient (Wildman–Crippen LogP) is 5.09. The number of nitriles is 1. The van der Waals surface area contributed by atoms with Gasteiger partial charge in [-0.05, 0) is 56.1 Å². The molecule has 0 aliphatic carbocycles. The van der Waals surface area contributed by atoms with Crippen molar-refractivity contribution in [1.29, 1.82) is 5.26 Å². The topological polar surface area (TPSA) is 98.5 Å². The number of carbonyl (C=O) groups is 1. The molecule has 6 rings (SSSR count). The molecule has 42 heavy (non-hydrogen) atoms. The minimum atomic E-state index is -0.291. The number of nitrogens with zero attached hydrogens (tertiary/aromatic N) is 7. The van der Waals surface area contributed by atoms with E-state index < -0.39 is 0 Å². The lowest BCUT2D eigenvalue weighted by atomic mass is 10.0. The van der Waals surface area contributed by atoms with Crippen molar-refractivity contribution < 1.29 is 9.53 Å². The van der Waals surface area contributed by atoms with E-state index in [1.165, 1.54) is 6.08 Å². The molecule has 0 saturated carbocycles. The number of fused-ring (bicyclic) bond motifs is 2. The zero-order chi connectivity index (χ0) is 29.2. The molecule has 1 unspecified atom stereocenters. The quantitative estimate of drug-likeness (QED) is 0.278. The van der Waals surface area contributed by atoms with E-state index in [1.807, 2.05) is 48.5 Å². The van der Waals surface area contributed by atoms with Gasteiger partial charge in [-0.3, -0.25) is 4.79 Å². The van der Waals surface area contributed by atoms with Crippen molar-refractivity contribution in [3.8, 4) is 23.3 Å². The normalized spacial score (nSPS) is 19.3. The summed E-state index contributed by atoms with van der Waals surface area (Å²) < 4.78 is 6.20. The highest BCUT2D eigenvalue weighted by Crippen LogP contribution is 2.35. The van der Waals surface area contributed by atoms with Gasteiger partial charge < -0.3 is 19.4 Å². The lowest BCUT2D eigenvalue weighted by Gasteiger charge is -2.41. The van der Waals surface area contributed by atoms with Crippen LogP contribution in [0.5, 0.6) is 6.01 Å². The number of rotatable bonds is 7. The summed E-state index contributed by atoms with van der Waals surface area (Å²) in [5.41, 5.74) is 2.18. The van der Waals surface area contributed by atoms with E-state index in [-0.39, 0.29) is 24.4 Å². The number of aromatic nitrogens is 3. The summed E-state index contributed by atoms with van der Waals surface area (Å²) in [5, 5.41) is 12.9. The van der Waals surface area contributed by atoms with Crippen LogP contribution < -0.4 is 9.64 Å². The van der Waals surface area contributed by atoms with Gasteiger partial charge in [0.05, 0.1) is 29.6 Å². The van der Waals surface area contributed by atoms with E-state index in [0.717, 1.165) is 46.8 Å². The molecular formula is C32H32ClN7O2. The van der Waals surface area contributed by atoms with Crippen LogP contribution in [0.4, 0.5) is 5.82 Å². The van der Waals surface area contributed by atoms with E-state index >= 15 is 0 Å². The smallest absolute Gasteiger partial charge is 0.320 e. The second-order valence-electron chi connectivity index (χ2n) is 10.8. The summed E-state index contributed by atoms with van der Waals surface area (Å²) in [6.07, 6.45) is 3.72. The standard InChI is InChI=1S/C32H32ClN7O2/c1-3-28(41)40-18-17-39(19-22(40)14-15-34)31-25-12-13-27(24-10-4-7-21-8-5-11-26(33)29(21)24)35-30(25)36-32(37-31)42-20-23-9-6-16-38(23)2/h3-5,7-8,10-13,22-23H,1,6,9,14,16-20H2,2H3/t22?,23-/m0/s1. The predicted molar refractivity (Wildman–Crippen MR) is 165 cm³/mol. The van der Waals surface area contributed by atoms with Gasteiger partial charge in [-0.25, -0.2) is 4.98 Å².